The van der Waals surface area contributed by atoms with E-state index < -0.39 is 21.3 Å². The molecule has 1 atom stereocenters. The summed E-state index contributed by atoms with van der Waals surface area (Å²) < 4.78 is 22.4. The van der Waals surface area contributed by atoms with Gasteiger partial charge in [-0.3, -0.25) is 0 Å². The summed E-state index contributed by atoms with van der Waals surface area (Å²) in [5.41, 5.74) is 0.640. The molecule has 0 aliphatic heterocycles. The fraction of sp³-hybridized carbons (Fsp3) is 0.300. The highest BCUT2D eigenvalue weighted by Crippen LogP contribution is 2.31. The van der Waals surface area contributed by atoms with Crippen molar-refractivity contribution in [2.45, 2.75) is 17.8 Å². The summed E-state index contributed by atoms with van der Waals surface area (Å²) in [6.45, 7) is 0. The standard InChI is InChI=1S/C10H10Cl4O2SSi/c11-10(18(12,13)14)7-6-9(17(15)16)8-4-2-1-3-5-8/h1-5,10H,6-7H2. The molecule has 0 heterocycles. The zero-order chi connectivity index (χ0) is 13.8. The van der Waals surface area contributed by atoms with Crippen molar-refractivity contribution in [3.05, 3.63) is 35.9 Å². The van der Waals surface area contributed by atoms with Crippen LogP contribution in [0.2, 0.25) is 0 Å². The van der Waals surface area contributed by atoms with Crippen LogP contribution in [-0.2, 0) is 10.3 Å². The Kier molecular flexibility index (Phi) is 6.51. The second-order valence-corrected chi connectivity index (χ2v) is 14.3. The van der Waals surface area contributed by atoms with Crippen LogP contribution in [0.15, 0.2) is 30.3 Å². The molecule has 18 heavy (non-hydrogen) atoms. The Labute approximate surface area is 127 Å². The van der Waals surface area contributed by atoms with Crippen molar-refractivity contribution >= 4 is 66.0 Å². The minimum Gasteiger partial charge on any atom is -0.184 e. The van der Waals surface area contributed by atoms with Gasteiger partial charge in [-0.25, -0.2) is 0 Å². The minimum atomic E-state index is -3.00. The van der Waals surface area contributed by atoms with Crippen LogP contribution in [0.4, 0.5) is 0 Å². The lowest BCUT2D eigenvalue weighted by Gasteiger charge is -2.15. The molecule has 0 fully saturated rings. The van der Waals surface area contributed by atoms with Gasteiger partial charge in [-0.1, -0.05) is 30.3 Å². The van der Waals surface area contributed by atoms with Gasteiger partial charge in [0.2, 0.25) is 10.3 Å². The first-order valence-corrected chi connectivity index (χ1v) is 11.7. The normalized spacial score (nSPS) is 13.1. The highest BCUT2D eigenvalue weighted by atomic mass is 35.8. The van der Waals surface area contributed by atoms with Gasteiger partial charge in [-0.05, 0) is 18.4 Å². The second kappa shape index (κ2) is 7.17. The molecule has 100 valence electrons. The quantitative estimate of drug-likeness (QED) is 0.263. The van der Waals surface area contributed by atoms with E-state index in [2.05, 4.69) is 0 Å². The van der Waals surface area contributed by atoms with E-state index in [9.17, 15) is 8.42 Å². The molecule has 8 heteroatoms. The highest BCUT2D eigenvalue weighted by Gasteiger charge is 2.35. The summed E-state index contributed by atoms with van der Waals surface area (Å²) >= 11 is 23.2. The van der Waals surface area contributed by atoms with Gasteiger partial charge >= 0.3 is 6.00 Å². The number of hydrogen-bond acceptors (Lipinski definition) is 2. The molecule has 0 aliphatic rings. The fourth-order valence-electron chi connectivity index (χ4n) is 1.37. The van der Waals surface area contributed by atoms with E-state index in [0.29, 0.717) is 12.0 Å². The summed E-state index contributed by atoms with van der Waals surface area (Å²) in [6.07, 6.45) is 0.581. The number of halogens is 4. The zero-order valence-corrected chi connectivity index (χ0v) is 14.0. The predicted octanol–water partition coefficient (Wildman–Crippen LogP) is 3.67. The first-order chi connectivity index (χ1) is 8.32. The highest BCUT2D eigenvalue weighted by molar-refractivity contribution is 7.73. The van der Waals surface area contributed by atoms with Gasteiger partial charge in [0.1, 0.15) is 0 Å². The summed E-state index contributed by atoms with van der Waals surface area (Å²) in [4.78, 5) is 0.282. The summed E-state index contributed by atoms with van der Waals surface area (Å²) in [5.74, 6) is 0. The number of benzene rings is 1. The first-order valence-electron chi connectivity index (χ1n) is 5.03. The third-order valence-electron chi connectivity index (χ3n) is 2.28. The average molecular weight is 364 g/mol. The van der Waals surface area contributed by atoms with Crippen LogP contribution in [0, 0.1) is 0 Å². The van der Waals surface area contributed by atoms with E-state index in [1.807, 2.05) is 6.07 Å². The minimum absolute atomic E-state index is 0.259. The maximum absolute atomic E-state index is 11.2. The monoisotopic (exact) mass is 362 g/mol. The topological polar surface area (TPSA) is 34.1 Å². The summed E-state index contributed by atoms with van der Waals surface area (Å²) in [5, 5.41) is -0.607. The van der Waals surface area contributed by atoms with Crippen molar-refractivity contribution < 1.29 is 8.42 Å². The maximum Gasteiger partial charge on any atom is 0.358 e. The summed E-state index contributed by atoms with van der Waals surface area (Å²) in [7, 11) is -2.30. The number of hydrogen-bond donors (Lipinski definition) is 0. The van der Waals surface area contributed by atoms with Gasteiger partial charge in [0.25, 0.3) is 0 Å². The van der Waals surface area contributed by atoms with Gasteiger partial charge < -0.3 is 0 Å². The van der Waals surface area contributed by atoms with Crippen LogP contribution < -0.4 is 0 Å². The Morgan fingerprint density at radius 3 is 2.17 bits per heavy atom. The van der Waals surface area contributed by atoms with Crippen molar-refractivity contribution in [1.82, 2.24) is 0 Å². The lowest BCUT2D eigenvalue weighted by Crippen LogP contribution is -2.26. The molecule has 0 saturated carbocycles. The summed E-state index contributed by atoms with van der Waals surface area (Å²) in [6, 6.07) is 5.80. The van der Waals surface area contributed by atoms with Crippen molar-refractivity contribution in [1.29, 1.82) is 0 Å². The largest absolute Gasteiger partial charge is 0.358 e. The van der Waals surface area contributed by atoms with E-state index in [4.69, 9.17) is 44.8 Å². The van der Waals surface area contributed by atoms with Crippen LogP contribution in [0.5, 0.6) is 0 Å². The van der Waals surface area contributed by atoms with E-state index in [-0.39, 0.29) is 11.3 Å². The molecule has 0 N–H and O–H groups in total. The lowest BCUT2D eigenvalue weighted by molar-refractivity contribution is 0.626. The smallest absolute Gasteiger partial charge is 0.184 e. The second-order valence-electron chi connectivity index (χ2n) is 3.57. The molecule has 0 amide bonds. The number of rotatable bonds is 5. The Bertz CT molecular complexity index is 517. The van der Waals surface area contributed by atoms with Gasteiger partial charge in [0, 0.05) is 0 Å². The molecule has 1 aromatic rings. The Hall–Kier alpha value is 0.287. The van der Waals surface area contributed by atoms with Crippen molar-refractivity contribution in [2.75, 3.05) is 0 Å². The van der Waals surface area contributed by atoms with Crippen LogP contribution >= 0.6 is 44.8 Å². The zero-order valence-electron chi connectivity index (χ0n) is 9.11. The SMILES string of the molecule is O=S(=O)=C(CCC(Cl)[Si](Cl)(Cl)Cl)c1ccccc1. The predicted molar refractivity (Wildman–Crippen MR) is 81.7 cm³/mol. The Balaban J connectivity index is 2.84. The van der Waals surface area contributed by atoms with Gasteiger partial charge in [-0.15, -0.1) is 44.8 Å². The van der Waals surface area contributed by atoms with Crippen LogP contribution in [0.3, 0.4) is 0 Å². The molecule has 0 saturated heterocycles. The van der Waals surface area contributed by atoms with Gasteiger partial charge in [0.05, 0.1) is 9.86 Å². The molecule has 0 radical (unpaired) electrons. The van der Waals surface area contributed by atoms with Gasteiger partial charge in [0.15, 0.2) is 0 Å². The van der Waals surface area contributed by atoms with Crippen molar-refractivity contribution in [3.63, 3.8) is 0 Å². The van der Waals surface area contributed by atoms with E-state index in [0.717, 1.165) is 0 Å². The van der Waals surface area contributed by atoms with Gasteiger partial charge in [-0.2, -0.15) is 8.42 Å². The molecular formula is C10H10Cl4O2SSi. The van der Waals surface area contributed by atoms with Crippen molar-refractivity contribution in [2.24, 2.45) is 0 Å². The van der Waals surface area contributed by atoms with Crippen LogP contribution in [0.1, 0.15) is 18.4 Å². The molecule has 1 unspecified atom stereocenters. The maximum atomic E-state index is 11.2. The third kappa shape index (κ3) is 5.11. The van der Waals surface area contributed by atoms with Crippen LogP contribution in [0.25, 0.3) is 0 Å². The third-order valence-corrected chi connectivity index (χ3v) is 8.69. The molecular weight excluding hydrogens is 354 g/mol. The number of alkyl halides is 1. The molecule has 0 aliphatic carbocycles. The fourth-order valence-corrected chi connectivity index (χ4v) is 3.55. The molecule has 0 aromatic heterocycles. The van der Waals surface area contributed by atoms with E-state index in [1.54, 1.807) is 24.3 Å². The molecule has 0 spiro atoms. The molecule has 2 nitrogen and oxygen atoms in total. The molecule has 0 bridgehead atoms. The Morgan fingerprint density at radius 1 is 1.17 bits per heavy atom. The first kappa shape index (κ1) is 16.3. The van der Waals surface area contributed by atoms with E-state index in [1.165, 1.54) is 0 Å². The Morgan fingerprint density at radius 2 is 1.72 bits per heavy atom. The molecule has 1 rings (SSSR count). The van der Waals surface area contributed by atoms with Crippen LogP contribution in [-0.4, -0.2) is 24.3 Å². The molecule has 1 aromatic carbocycles. The lowest BCUT2D eigenvalue weighted by atomic mass is 10.1. The van der Waals surface area contributed by atoms with Crippen molar-refractivity contribution in [3.8, 4) is 0 Å². The van der Waals surface area contributed by atoms with E-state index >= 15 is 0 Å². The average Bonchev–Trinajstić information content (AvgIpc) is 2.28.